The van der Waals surface area contributed by atoms with E-state index in [0.29, 0.717) is 30.5 Å². The maximum absolute atomic E-state index is 13.4. The summed E-state index contributed by atoms with van der Waals surface area (Å²) < 4.78 is 28.2. The number of aromatic amines is 1. The molecule has 1 N–H and O–H groups in total. The third-order valence-corrected chi connectivity index (χ3v) is 4.92. The van der Waals surface area contributed by atoms with Gasteiger partial charge in [0.15, 0.2) is 22.8 Å². The summed E-state index contributed by atoms with van der Waals surface area (Å²) in [6.45, 7) is 4.62. The van der Waals surface area contributed by atoms with Crippen molar-refractivity contribution in [3.63, 3.8) is 0 Å². The van der Waals surface area contributed by atoms with Crippen molar-refractivity contribution in [2.24, 2.45) is 5.92 Å². The first kappa shape index (κ1) is 17.7. The highest BCUT2D eigenvalue weighted by atomic mass is 19.2. The molecule has 0 unspecified atom stereocenters. The predicted octanol–water partition coefficient (Wildman–Crippen LogP) is 2.01. The van der Waals surface area contributed by atoms with Crippen molar-refractivity contribution < 1.29 is 8.78 Å². The lowest BCUT2D eigenvalue weighted by Crippen LogP contribution is -2.36. The Kier molecular flexibility index (Phi) is 4.69. The summed E-state index contributed by atoms with van der Waals surface area (Å²) in [7, 11) is 0. The van der Waals surface area contributed by atoms with Crippen LogP contribution < -0.4 is 5.56 Å². The zero-order valence-electron chi connectivity index (χ0n) is 15.0. The second kappa shape index (κ2) is 7.15. The van der Waals surface area contributed by atoms with Crippen LogP contribution in [0.5, 0.6) is 0 Å². The first-order chi connectivity index (χ1) is 13.0. The fourth-order valence-corrected chi connectivity index (χ4v) is 3.68. The Bertz CT molecular complexity index is 1030. The van der Waals surface area contributed by atoms with Crippen molar-refractivity contribution in [1.29, 1.82) is 0 Å². The summed E-state index contributed by atoms with van der Waals surface area (Å²) >= 11 is 0. The summed E-state index contributed by atoms with van der Waals surface area (Å²) in [4.78, 5) is 21.1. The number of nitrogens with zero attached hydrogens (tertiary/aromatic N) is 5. The van der Waals surface area contributed by atoms with E-state index in [4.69, 9.17) is 0 Å². The normalized spacial score (nSPS) is 18.3. The van der Waals surface area contributed by atoms with Gasteiger partial charge in [-0.3, -0.25) is 9.69 Å². The van der Waals surface area contributed by atoms with Gasteiger partial charge < -0.3 is 4.98 Å². The number of likely N-dealkylation sites (tertiary alicyclic amines) is 1. The van der Waals surface area contributed by atoms with Crippen molar-refractivity contribution in [3.8, 4) is 0 Å². The average Bonchev–Trinajstić information content (AvgIpc) is 3.02. The minimum absolute atomic E-state index is 0.245. The second-order valence-electron chi connectivity index (χ2n) is 7.09. The molecule has 4 rings (SSSR count). The molecule has 2 aromatic heterocycles. The van der Waals surface area contributed by atoms with Crippen LogP contribution in [0.3, 0.4) is 0 Å². The van der Waals surface area contributed by atoms with Crippen molar-refractivity contribution >= 4 is 11.2 Å². The topological polar surface area (TPSA) is 79.7 Å². The van der Waals surface area contributed by atoms with Gasteiger partial charge in [-0.25, -0.2) is 18.4 Å². The van der Waals surface area contributed by atoms with Gasteiger partial charge in [-0.1, -0.05) is 11.3 Å². The molecule has 3 aromatic rings. The number of fused-ring (bicyclic) bond motifs is 1. The molecule has 0 aliphatic carbocycles. The molecule has 3 heterocycles. The quantitative estimate of drug-likeness (QED) is 0.756. The SMILES string of the molecule is Cc1nc2c(nnn2C[C@@H]2CCCN(Cc3ccc(F)c(F)c3)C2)c(=O)[nH]1. The number of halogens is 2. The molecule has 1 saturated heterocycles. The maximum atomic E-state index is 13.4. The van der Waals surface area contributed by atoms with Gasteiger partial charge in [-0.15, -0.1) is 5.10 Å². The van der Waals surface area contributed by atoms with Gasteiger partial charge in [0, 0.05) is 19.6 Å². The van der Waals surface area contributed by atoms with Gasteiger partial charge in [0.1, 0.15) is 5.82 Å². The molecule has 0 amide bonds. The van der Waals surface area contributed by atoms with Crippen molar-refractivity contribution in [1.82, 2.24) is 29.9 Å². The number of aryl methyl sites for hydroxylation is 1. The van der Waals surface area contributed by atoms with Crippen molar-refractivity contribution in [3.05, 3.63) is 51.6 Å². The minimum Gasteiger partial charge on any atom is -0.309 e. The smallest absolute Gasteiger partial charge is 0.281 e. The van der Waals surface area contributed by atoms with Crippen LogP contribution in [0.1, 0.15) is 24.2 Å². The number of benzene rings is 1. The van der Waals surface area contributed by atoms with E-state index in [1.54, 1.807) is 17.7 Å². The molecule has 9 heteroatoms. The van der Waals surface area contributed by atoms with Crippen LogP contribution in [-0.2, 0) is 13.1 Å². The van der Waals surface area contributed by atoms with Crippen molar-refractivity contribution in [2.45, 2.75) is 32.9 Å². The lowest BCUT2D eigenvalue weighted by Gasteiger charge is -2.32. The van der Waals surface area contributed by atoms with Crippen LogP contribution in [0.25, 0.3) is 11.2 Å². The summed E-state index contributed by atoms with van der Waals surface area (Å²) in [6, 6.07) is 4.04. The third kappa shape index (κ3) is 3.73. The highest BCUT2D eigenvalue weighted by Gasteiger charge is 2.22. The molecule has 142 valence electrons. The molecule has 1 atom stereocenters. The number of rotatable bonds is 4. The summed E-state index contributed by atoms with van der Waals surface area (Å²) in [5.74, 6) is -0.803. The number of nitrogens with one attached hydrogen (secondary N) is 1. The Morgan fingerprint density at radius 3 is 2.96 bits per heavy atom. The van der Waals surface area contributed by atoms with Gasteiger partial charge >= 0.3 is 0 Å². The third-order valence-electron chi connectivity index (χ3n) is 4.92. The number of hydrogen-bond acceptors (Lipinski definition) is 5. The molecule has 7 nitrogen and oxygen atoms in total. The average molecular weight is 374 g/mol. The Morgan fingerprint density at radius 1 is 1.30 bits per heavy atom. The van der Waals surface area contributed by atoms with E-state index < -0.39 is 11.6 Å². The molecule has 0 spiro atoms. The van der Waals surface area contributed by atoms with Crippen molar-refractivity contribution in [2.75, 3.05) is 13.1 Å². The summed E-state index contributed by atoms with van der Waals surface area (Å²) in [5.41, 5.74) is 1.21. The van der Waals surface area contributed by atoms with Crippen LogP contribution in [-0.4, -0.2) is 43.0 Å². The van der Waals surface area contributed by atoms with E-state index >= 15 is 0 Å². The zero-order valence-corrected chi connectivity index (χ0v) is 15.0. The lowest BCUT2D eigenvalue weighted by atomic mass is 9.97. The van der Waals surface area contributed by atoms with Crippen LogP contribution in [0.4, 0.5) is 8.78 Å². The second-order valence-corrected chi connectivity index (χ2v) is 7.09. The Balaban J connectivity index is 1.47. The monoisotopic (exact) mass is 374 g/mol. The molecule has 0 saturated carbocycles. The van der Waals surface area contributed by atoms with Crippen LogP contribution in [0, 0.1) is 24.5 Å². The predicted molar refractivity (Wildman–Crippen MR) is 95.0 cm³/mol. The summed E-state index contributed by atoms with van der Waals surface area (Å²) in [6.07, 6.45) is 2.03. The molecule has 0 bridgehead atoms. The Morgan fingerprint density at radius 2 is 2.15 bits per heavy atom. The molecule has 1 aromatic carbocycles. The first-order valence-electron chi connectivity index (χ1n) is 8.96. The summed E-state index contributed by atoms with van der Waals surface area (Å²) in [5, 5.41) is 8.04. The molecule has 1 aliphatic heterocycles. The van der Waals surface area contributed by atoms with Crippen LogP contribution in [0.15, 0.2) is 23.0 Å². The highest BCUT2D eigenvalue weighted by Crippen LogP contribution is 2.21. The largest absolute Gasteiger partial charge is 0.309 e. The van der Waals surface area contributed by atoms with E-state index in [1.807, 2.05) is 0 Å². The number of aromatic nitrogens is 5. The lowest BCUT2D eigenvalue weighted by molar-refractivity contribution is 0.153. The Labute approximate surface area is 154 Å². The maximum Gasteiger partial charge on any atom is 0.281 e. The first-order valence-corrected chi connectivity index (χ1v) is 8.96. The van der Waals surface area contributed by atoms with E-state index in [-0.39, 0.29) is 11.1 Å². The fourth-order valence-electron chi connectivity index (χ4n) is 3.68. The molecular weight excluding hydrogens is 354 g/mol. The van der Waals surface area contributed by atoms with E-state index in [0.717, 1.165) is 31.5 Å². The van der Waals surface area contributed by atoms with Gasteiger partial charge in [0.25, 0.3) is 5.56 Å². The highest BCUT2D eigenvalue weighted by molar-refractivity contribution is 5.67. The number of piperidine rings is 1. The van der Waals surface area contributed by atoms with E-state index in [2.05, 4.69) is 25.2 Å². The van der Waals surface area contributed by atoms with Gasteiger partial charge in [-0.05, 0) is 49.9 Å². The van der Waals surface area contributed by atoms with E-state index in [9.17, 15) is 13.6 Å². The van der Waals surface area contributed by atoms with Gasteiger partial charge in [-0.2, -0.15) is 0 Å². The zero-order chi connectivity index (χ0) is 19.0. The minimum atomic E-state index is -0.828. The standard InChI is InChI=1S/C18H20F2N6O/c1-11-21-17-16(18(27)22-11)23-24-26(17)10-13-3-2-6-25(9-13)8-12-4-5-14(19)15(20)7-12/h4-5,7,13H,2-3,6,8-10H2,1H3,(H,21,22,27)/t13-/m1/s1. The molecular formula is C18H20F2N6O. The van der Waals surface area contributed by atoms with Gasteiger partial charge in [0.2, 0.25) is 0 Å². The van der Waals surface area contributed by atoms with E-state index in [1.165, 1.54) is 12.1 Å². The van der Waals surface area contributed by atoms with Crippen LogP contribution >= 0.6 is 0 Å². The van der Waals surface area contributed by atoms with Gasteiger partial charge in [0.05, 0.1) is 0 Å². The fraction of sp³-hybridized carbons (Fsp3) is 0.444. The molecule has 0 radical (unpaired) electrons. The number of H-pyrrole nitrogens is 1. The molecule has 1 aliphatic rings. The number of hydrogen-bond donors (Lipinski definition) is 1. The Hall–Kier alpha value is -2.68. The van der Waals surface area contributed by atoms with Crippen LogP contribution in [0.2, 0.25) is 0 Å². The molecule has 1 fully saturated rings. The molecule has 27 heavy (non-hydrogen) atoms.